The van der Waals surface area contributed by atoms with Gasteiger partial charge in [0.2, 0.25) is 0 Å². The zero-order valence-electron chi connectivity index (χ0n) is 12.7. The summed E-state index contributed by atoms with van der Waals surface area (Å²) in [4.78, 5) is 2.45. The van der Waals surface area contributed by atoms with Gasteiger partial charge in [-0.2, -0.15) is 0 Å². The first kappa shape index (κ1) is 15.3. The van der Waals surface area contributed by atoms with Crippen molar-refractivity contribution in [2.24, 2.45) is 5.92 Å². The van der Waals surface area contributed by atoms with Crippen molar-refractivity contribution in [2.75, 3.05) is 33.8 Å². The number of hydrogen-bond donors (Lipinski definition) is 1. The number of methoxy groups -OCH3 is 1. The standard InChI is InChI=1S/C16H25FN2O/c1-12(14-6-7-16(20-3)15(17)9-14)19-8-4-5-13(11-19)10-18-2/h6-7,9,12-13,18H,4-5,8,10-11H2,1-3H3. The van der Waals surface area contributed by atoms with Gasteiger partial charge in [-0.3, -0.25) is 4.90 Å². The second-order valence-corrected chi connectivity index (χ2v) is 5.63. The lowest BCUT2D eigenvalue weighted by Gasteiger charge is -2.37. The number of piperidine rings is 1. The van der Waals surface area contributed by atoms with E-state index in [0.29, 0.717) is 11.7 Å². The van der Waals surface area contributed by atoms with Gasteiger partial charge in [-0.15, -0.1) is 0 Å². The smallest absolute Gasteiger partial charge is 0.165 e. The van der Waals surface area contributed by atoms with Crippen LogP contribution in [0.5, 0.6) is 5.75 Å². The molecule has 0 aliphatic carbocycles. The minimum atomic E-state index is -0.277. The zero-order chi connectivity index (χ0) is 14.5. The highest BCUT2D eigenvalue weighted by molar-refractivity contribution is 5.30. The minimum Gasteiger partial charge on any atom is -0.494 e. The summed E-state index contributed by atoms with van der Waals surface area (Å²) in [6, 6.07) is 5.53. The molecule has 2 rings (SSSR count). The first-order valence-electron chi connectivity index (χ1n) is 7.37. The van der Waals surface area contributed by atoms with Crippen LogP contribution in [0.25, 0.3) is 0 Å². The van der Waals surface area contributed by atoms with Gasteiger partial charge in [-0.05, 0) is 63.5 Å². The van der Waals surface area contributed by atoms with E-state index in [4.69, 9.17) is 4.74 Å². The average Bonchev–Trinajstić information content (AvgIpc) is 2.47. The van der Waals surface area contributed by atoms with Gasteiger partial charge < -0.3 is 10.1 Å². The van der Waals surface area contributed by atoms with E-state index in [9.17, 15) is 4.39 Å². The number of hydrogen-bond acceptors (Lipinski definition) is 3. The second-order valence-electron chi connectivity index (χ2n) is 5.63. The van der Waals surface area contributed by atoms with Gasteiger partial charge in [0, 0.05) is 12.6 Å². The lowest BCUT2D eigenvalue weighted by atomic mass is 9.95. The van der Waals surface area contributed by atoms with Crippen molar-refractivity contribution in [3.8, 4) is 5.75 Å². The van der Waals surface area contributed by atoms with Crippen molar-refractivity contribution in [3.05, 3.63) is 29.6 Å². The molecule has 1 aliphatic rings. The van der Waals surface area contributed by atoms with Crippen LogP contribution in [0, 0.1) is 11.7 Å². The van der Waals surface area contributed by atoms with Crippen LogP contribution in [0.3, 0.4) is 0 Å². The van der Waals surface area contributed by atoms with Gasteiger partial charge in [0.25, 0.3) is 0 Å². The van der Waals surface area contributed by atoms with Crippen LogP contribution in [0.4, 0.5) is 4.39 Å². The van der Waals surface area contributed by atoms with E-state index in [-0.39, 0.29) is 11.9 Å². The van der Waals surface area contributed by atoms with Crippen LogP contribution in [0.1, 0.15) is 31.4 Å². The molecule has 20 heavy (non-hydrogen) atoms. The number of nitrogens with one attached hydrogen (secondary N) is 1. The van der Waals surface area contributed by atoms with Crippen LogP contribution < -0.4 is 10.1 Å². The normalized spacial score (nSPS) is 21.7. The SMILES string of the molecule is CNCC1CCCN(C(C)c2ccc(OC)c(F)c2)C1. The summed E-state index contributed by atoms with van der Waals surface area (Å²) >= 11 is 0. The highest BCUT2D eigenvalue weighted by Gasteiger charge is 2.24. The Morgan fingerprint density at radius 2 is 2.30 bits per heavy atom. The molecule has 1 aliphatic heterocycles. The van der Waals surface area contributed by atoms with Crippen molar-refractivity contribution in [1.82, 2.24) is 10.2 Å². The summed E-state index contributed by atoms with van der Waals surface area (Å²) in [6.07, 6.45) is 2.50. The molecule has 0 saturated carbocycles. The molecule has 1 heterocycles. The van der Waals surface area contributed by atoms with Crippen LogP contribution in [0.15, 0.2) is 18.2 Å². The largest absolute Gasteiger partial charge is 0.494 e. The van der Waals surface area contributed by atoms with Gasteiger partial charge >= 0.3 is 0 Å². The molecule has 0 amide bonds. The van der Waals surface area contributed by atoms with Crippen LogP contribution in [-0.4, -0.2) is 38.7 Å². The number of nitrogens with zero attached hydrogens (tertiary/aromatic N) is 1. The number of halogens is 1. The average molecular weight is 280 g/mol. The van der Waals surface area contributed by atoms with Gasteiger partial charge in [0.15, 0.2) is 11.6 Å². The van der Waals surface area contributed by atoms with Gasteiger partial charge in [0.05, 0.1) is 7.11 Å². The summed E-state index contributed by atoms with van der Waals surface area (Å²) in [5, 5.41) is 3.26. The highest BCUT2D eigenvalue weighted by Crippen LogP contribution is 2.28. The zero-order valence-corrected chi connectivity index (χ0v) is 12.7. The van der Waals surface area contributed by atoms with E-state index >= 15 is 0 Å². The van der Waals surface area contributed by atoms with E-state index < -0.39 is 0 Å². The van der Waals surface area contributed by atoms with Gasteiger partial charge in [0.1, 0.15) is 0 Å². The fourth-order valence-corrected chi connectivity index (χ4v) is 3.06. The number of likely N-dealkylation sites (tertiary alicyclic amines) is 1. The monoisotopic (exact) mass is 280 g/mol. The molecule has 0 bridgehead atoms. The van der Waals surface area contributed by atoms with Gasteiger partial charge in [-0.25, -0.2) is 4.39 Å². The van der Waals surface area contributed by atoms with E-state index in [1.807, 2.05) is 13.1 Å². The summed E-state index contributed by atoms with van der Waals surface area (Å²) in [7, 11) is 3.50. The Bertz CT molecular complexity index is 436. The molecule has 3 nitrogen and oxygen atoms in total. The first-order chi connectivity index (χ1) is 9.65. The Morgan fingerprint density at radius 3 is 2.95 bits per heavy atom. The van der Waals surface area contributed by atoms with Crippen molar-refractivity contribution < 1.29 is 9.13 Å². The summed E-state index contributed by atoms with van der Waals surface area (Å²) in [5.41, 5.74) is 1.02. The summed E-state index contributed by atoms with van der Waals surface area (Å²) in [5.74, 6) is 0.729. The topological polar surface area (TPSA) is 24.5 Å². The molecule has 2 unspecified atom stereocenters. The van der Waals surface area contributed by atoms with Crippen molar-refractivity contribution >= 4 is 0 Å². The second kappa shape index (κ2) is 7.04. The summed E-state index contributed by atoms with van der Waals surface area (Å²) in [6.45, 7) is 5.38. The third-order valence-electron chi connectivity index (χ3n) is 4.25. The molecule has 1 N–H and O–H groups in total. The summed E-state index contributed by atoms with van der Waals surface area (Å²) < 4.78 is 18.8. The van der Waals surface area contributed by atoms with E-state index in [1.165, 1.54) is 20.0 Å². The quantitative estimate of drug-likeness (QED) is 0.897. The Hall–Kier alpha value is -1.13. The van der Waals surface area contributed by atoms with Crippen LogP contribution in [-0.2, 0) is 0 Å². The predicted molar refractivity (Wildman–Crippen MR) is 79.6 cm³/mol. The molecule has 0 spiro atoms. The number of ether oxygens (including phenoxy) is 1. The fraction of sp³-hybridized carbons (Fsp3) is 0.625. The van der Waals surface area contributed by atoms with E-state index in [0.717, 1.165) is 25.2 Å². The Morgan fingerprint density at radius 1 is 1.50 bits per heavy atom. The van der Waals surface area contributed by atoms with Crippen molar-refractivity contribution in [3.63, 3.8) is 0 Å². The maximum Gasteiger partial charge on any atom is 0.165 e. The first-order valence-corrected chi connectivity index (χ1v) is 7.37. The number of benzene rings is 1. The maximum absolute atomic E-state index is 13.8. The van der Waals surface area contributed by atoms with Crippen LogP contribution in [0.2, 0.25) is 0 Å². The molecular weight excluding hydrogens is 255 g/mol. The van der Waals surface area contributed by atoms with E-state index in [1.54, 1.807) is 12.1 Å². The Kier molecular flexibility index (Phi) is 5.38. The number of rotatable bonds is 5. The highest BCUT2D eigenvalue weighted by atomic mass is 19.1. The minimum absolute atomic E-state index is 0.245. The molecule has 1 aromatic carbocycles. The Labute approximate surface area is 121 Å². The van der Waals surface area contributed by atoms with Crippen molar-refractivity contribution in [2.45, 2.75) is 25.8 Å². The third kappa shape index (κ3) is 3.49. The van der Waals surface area contributed by atoms with Crippen molar-refractivity contribution in [1.29, 1.82) is 0 Å². The predicted octanol–water partition coefficient (Wildman–Crippen LogP) is 2.83. The molecule has 2 atom stereocenters. The Balaban J connectivity index is 2.06. The molecule has 0 radical (unpaired) electrons. The molecule has 1 aromatic rings. The lowest BCUT2D eigenvalue weighted by molar-refractivity contribution is 0.131. The molecule has 1 fully saturated rings. The molecule has 0 aromatic heterocycles. The van der Waals surface area contributed by atoms with E-state index in [2.05, 4.69) is 17.1 Å². The third-order valence-corrected chi connectivity index (χ3v) is 4.25. The molecule has 4 heteroatoms. The molecule has 1 saturated heterocycles. The van der Waals surface area contributed by atoms with Crippen LogP contribution >= 0.6 is 0 Å². The maximum atomic E-state index is 13.8. The molecular formula is C16H25FN2O. The fourth-order valence-electron chi connectivity index (χ4n) is 3.06. The van der Waals surface area contributed by atoms with Gasteiger partial charge in [-0.1, -0.05) is 6.07 Å². The lowest BCUT2D eigenvalue weighted by Crippen LogP contribution is -2.40. The molecule has 112 valence electrons.